The van der Waals surface area contributed by atoms with Crippen LogP contribution in [-0.4, -0.2) is 34.6 Å². The van der Waals surface area contributed by atoms with E-state index in [2.05, 4.69) is 31.4 Å². The van der Waals surface area contributed by atoms with Crippen molar-refractivity contribution in [2.75, 3.05) is 19.0 Å². The van der Waals surface area contributed by atoms with Gasteiger partial charge >= 0.3 is 0 Å². The van der Waals surface area contributed by atoms with Gasteiger partial charge in [-0.05, 0) is 73.7 Å². The Bertz CT molecular complexity index is 1280. The topological polar surface area (TPSA) is 78.3 Å². The van der Waals surface area contributed by atoms with Crippen LogP contribution in [0.4, 0.5) is 5.69 Å². The van der Waals surface area contributed by atoms with E-state index in [1.165, 1.54) is 6.08 Å². The van der Waals surface area contributed by atoms with Gasteiger partial charge in [0.1, 0.15) is 22.5 Å². The van der Waals surface area contributed by atoms with Crippen LogP contribution in [0.5, 0.6) is 11.5 Å². The number of amides is 1. The summed E-state index contributed by atoms with van der Waals surface area (Å²) in [5.74, 6) is 1.22. The fraction of sp³-hybridized carbons (Fsp3) is 0.125. The lowest BCUT2D eigenvalue weighted by Gasteiger charge is -2.05. The van der Waals surface area contributed by atoms with Crippen molar-refractivity contribution in [3.8, 4) is 17.2 Å². The lowest BCUT2D eigenvalue weighted by Crippen LogP contribution is -2.07. The van der Waals surface area contributed by atoms with E-state index in [1.54, 1.807) is 30.1 Å². The molecule has 0 atom stereocenters. The molecule has 0 aliphatic carbocycles. The number of hydrogen-bond donors (Lipinski definition) is 1. The molecule has 0 saturated carbocycles. The van der Waals surface area contributed by atoms with Crippen LogP contribution in [0.2, 0.25) is 0 Å². The van der Waals surface area contributed by atoms with Gasteiger partial charge in [-0.2, -0.15) is 4.80 Å². The summed E-state index contributed by atoms with van der Waals surface area (Å²) in [5, 5.41) is 11.9. The Morgan fingerprint density at radius 2 is 1.84 bits per heavy atom. The zero-order valence-corrected chi connectivity index (χ0v) is 19.2. The predicted molar refractivity (Wildman–Crippen MR) is 128 cm³/mol. The largest absolute Gasteiger partial charge is 0.496 e. The first kappa shape index (κ1) is 21.6. The number of ether oxygens (including phenoxy) is 2. The van der Waals surface area contributed by atoms with Crippen molar-refractivity contribution in [1.82, 2.24) is 15.0 Å². The summed E-state index contributed by atoms with van der Waals surface area (Å²) in [6, 6.07) is 18.6. The highest BCUT2D eigenvalue weighted by molar-refractivity contribution is 9.10. The molecule has 0 radical (unpaired) electrons. The van der Waals surface area contributed by atoms with E-state index >= 15 is 0 Å². The van der Waals surface area contributed by atoms with Crippen LogP contribution in [-0.2, 0) is 4.79 Å². The van der Waals surface area contributed by atoms with E-state index in [1.807, 2.05) is 55.5 Å². The number of benzene rings is 3. The fourth-order valence-corrected chi connectivity index (χ4v) is 3.51. The second kappa shape index (κ2) is 9.65. The number of methoxy groups -OCH3 is 1. The number of hydrogen-bond acceptors (Lipinski definition) is 5. The molecule has 1 heterocycles. The third-order valence-corrected chi connectivity index (χ3v) is 5.13. The smallest absolute Gasteiger partial charge is 0.248 e. The normalized spacial score (nSPS) is 11.1. The van der Waals surface area contributed by atoms with E-state index in [0.717, 1.165) is 27.0 Å². The van der Waals surface area contributed by atoms with Crippen LogP contribution in [0.3, 0.4) is 0 Å². The second-order valence-corrected chi connectivity index (χ2v) is 7.74. The summed E-state index contributed by atoms with van der Waals surface area (Å²) in [7, 11) is 1.59. The minimum atomic E-state index is -0.259. The average Bonchev–Trinajstić information content (AvgIpc) is 3.22. The van der Waals surface area contributed by atoms with Crippen molar-refractivity contribution in [2.24, 2.45) is 0 Å². The maximum absolute atomic E-state index is 12.4. The molecule has 0 aliphatic rings. The molecule has 0 unspecified atom stereocenters. The van der Waals surface area contributed by atoms with Gasteiger partial charge in [0, 0.05) is 21.8 Å². The number of halogens is 1. The summed E-state index contributed by atoms with van der Waals surface area (Å²) in [6.07, 6.45) is 3.17. The molecule has 8 heteroatoms. The Morgan fingerprint density at radius 1 is 1.06 bits per heavy atom. The highest BCUT2D eigenvalue weighted by atomic mass is 79.9. The molecule has 4 rings (SSSR count). The first-order valence-electron chi connectivity index (χ1n) is 9.98. The third-order valence-electron chi connectivity index (χ3n) is 4.63. The number of rotatable bonds is 7. The number of anilines is 1. The average molecular weight is 493 g/mol. The summed E-state index contributed by atoms with van der Waals surface area (Å²) in [5.41, 5.74) is 3.65. The third kappa shape index (κ3) is 4.97. The van der Waals surface area contributed by atoms with Gasteiger partial charge < -0.3 is 14.8 Å². The number of nitrogens with zero attached hydrogens (tertiary/aromatic N) is 3. The standard InChI is InChI=1S/C24H21BrN4O3/c1-3-32-20-9-7-19(8-10-20)29-27-21-11-6-18(15-22(21)28-29)26-24(30)13-4-16-14-17(25)5-12-23(16)31-2/h4-15H,3H2,1-2H3,(H,26,30). The van der Waals surface area contributed by atoms with Gasteiger partial charge in [0.15, 0.2) is 0 Å². The molecule has 0 spiro atoms. The Labute approximate surface area is 193 Å². The van der Waals surface area contributed by atoms with Crippen LogP contribution in [0, 0.1) is 0 Å². The van der Waals surface area contributed by atoms with Gasteiger partial charge in [-0.3, -0.25) is 4.79 Å². The van der Waals surface area contributed by atoms with Gasteiger partial charge in [0.2, 0.25) is 5.91 Å². The fourth-order valence-electron chi connectivity index (χ4n) is 3.13. The Balaban J connectivity index is 1.49. The SMILES string of the molecule is CCOc1ccc(-n2nc3ccc(NC(=O)C=Cc4cc(Br)ccc4OC)cc3n2)cc1. The van der Waals surface area contributed by atoms with Gasteiger partial charge in [0.25, 0.3) is 0 Å². The van der Waals surface area contributed by atoms with Crippen molar-refractivity contribution < 1.29 is 14.3 Å². The molecular weight excluding hydrogens is 472 g/mol. The molecule has 4 aromatic rings. The van der Waals surface area contributed by atoms with E-state index in [4.69, 9.17) is 9.47 Å². The zero-order valence-electron chi connectivity index (χ0n) is 17.6. The molecule has 1 N–H and O–H groups in total. The van der Waals surface area contributed by atoms with Crippen LogP contribution in [0.15, 0.2) is 71.2 Å². The van der Waals surface area contributed by atoms with E-state index < -0.39 is 0 Å². The van der Waals surface area contributed by atoms with Crippen molar-refractivity contribution >= 4 is 44.6 Å². The summed E-state index contributed by atoms with van der Waals surface area (Å²) in [6.45, 7) is 2.56. The monoisotopic (exact) mass is 492 g/mol. The van der Waals surface area contributed by atoms with Crippen molar-refractivity contribution in [3.05, 3.63) is 76.8 Å². The van der Waals surface area contributed by atoms with E-state index in [0.29, 0.717) is 23.6 Å². The molecule has 0 saturated heterocycles. The highest BCUT2D eigenvalue weighted by Gasteiger charge is 2.08. The summed E-state index contributed by atoms with van der Waals surface area (Å²) in [4.78, 5) is 14.0. The molecule has 162 valence electrons. The number of nitrogens with one attached hydrogen (secondary N) is 1. The zero-order chi connectivity index (χ0) is 22.5. The molecule has 3 aromatic carbocycles. The van der Waals surface area contributed by atoms with E-state index in [-0.39, 0.29) is 5.91 Å². The van der Waals surface area contributed by atoms with Crippen LogP contribution in [0.25, 0.3) is 22.8 Å². The van der Waals surface area contributed by atoms with Crippen molar-refractivity contribution in [1.29, 1.82) is 0 Å². The molecule has 0 aliphatic heterocycles. The molecule has 1 amide bonds. The van der Waals surface area contributed by atoms with Gasteiger partial charge in [0.05, 0.1) is 19.4 Å². The molecule has 32 heavy (non-hydrogen) atoms. The molecule has 0 bridgehead atoms. The molecule has 7 nitrogen and oxygen atoms in total. The Hall–Kier alpha value is -3.65. The highest BCUT2D eigenvalue weighted by Crippen LogP contribution is 2.24. The Morgan fingerprint density at radius 3 is 2.59 bits per heavy atom. The van der Waals surface area contributed by atoms with Crippen molar-refractivity contribution in [2.45, 2.75) is 6.92 Å². The van der Waals surface area contributed by atoms with Gasteiger partial charge in [-0.1, -0.05) is 15.9 Å². The number of aromatic nitrogens is 3. The van der Waals surface area contributed by atoms with E-state index in [9.17, 15) is 4.79 Å². The maximum atomic E-state index is 12.4. The first-order valence-corrected chi connectivity index (χ1v) is 10.8. The predicted octanol–water partition coefficient (Wildman–Crippen LogP) is 5.24. The molecule has 0 fully saturated rings. The number of fused-ring (bicyclic) bond motifs is 1. The molecule has 1 aromatic heterocycles. The second-order valence-electron chi connectivity index (χ2n) is 6.83. The van der Waals surface area contributed by atoms with Crippen LogP contribution < -0.4 is 14.8 Å². The summed E-state index contributed by atoms with van der Waals surface area (Å²) < 4.78 is 11.7. The van der Waals surface area contributed by atoms with Crippen LogP contribution in [0.1, 0.15) is 12.5 Å². The van der Waals surface area contributed by atoms with Gasteiger partial charge in [-0.15, -0.1) is 10.2 Å². The maximum Gasteiger partial charge on any atom is 0.248 e. The lowest BCUT2D eigenvalue weighted by molar-refractivity contribution is -0.111. The molecular formula is C24H21BrN4O3. The number of carbonyl (C=O) groups excluding carboxylic acids is 1. The summed E-state index contributed by atoms with van der Waals surface area (Å²) >= 11 is 3.43. The quantitative estimate of drug-likeness (QED) is 0.356. The Kier molecular flexibility index (Phi) is 6.51. The lowest BCUT2D eigenvalue weighted by atomic mass is 10.2. The van der Waals surface area contributed by atoms with Crippen molar-refractivity contribution in [3.63, 3.8) is 0 Å². The minimum Gasteiger partial charge on any atom is -0.496 e. The first-order chi connectivity index (χ1) is 15.6. The minimum absolute atomic E-state index is 0.259. The van der Waals surface area contributed by atoms with Crippen LogP contribution >= 0.6 is 15.9 Å². The number of carbonyl (C=O) groups is 1. The van der Waals surface area contributed by atoms with Gasteiger partial charge in [-0.25, -0.2) is 0 Å².